The molecule has 2 atom stereocenters. The van der Waals surface area contributed by atoms with Crippen LogP contribution < -0.4 is 4.74 Å². The van der Waals surface area contributed by atoms with E-state index in [1.54, 1.807) is 0 Å². The second-order valence-corrected chi connectivity index (χ2v) is 6.76. The Hall–Kier alpha value is -1.06. The Balaban J connectivity index is 1.54. The molecule has 0 amide bonds. The van der Waals surface area contributed by atoms with Crippen molar-refractivity contribution in [1.82, 2.24) is 9.80 Å². The summed E-state index contributed by atoms with van der Waals surface area (Å²) in [5.41, 5.74) is 0. The average molecular weight is 288 g/mol. The molecule has 116 valence electrons. The van der Waals surface area contributed by atoms with Gasteiger partial charge in [0, 0.05) is 31.7 Å². The Morgan fingerprint density at radius 2 is 2.00 bits per heavy atom. The standard InChI is InChI=1S/C18H28N2O/c1-15(2)18-14-19-10-6-7-16(19)13-20(18)11-12-21-17-8-4-3-5-9-17/h3-5,8-9,15-16,18H,6-7,10-14H2,1-2H3. The molecule has 0 aromatic heterocycles. The van der Waals surface area contributed by atoms with E-state index in [0.29, 0.717) is 12.0 Å². The Morgan fingerprint density at radius 3 is 2.76 bits per heavy atom. The topological polar surface area (TPSA) is 15.7 Å². The van der Waals surface area contributed by atoms with Crippen LogP contribution in [0.25, 0.3) is 0 Å². The fourth-order valence-electron chi connectivity index (χ4n) is 3.79. The van der Waals surface area contributed by atoms with Gasteiger partial charge >= 0.3 is 0 Å². The van der Waals surface area contributed by atoms with E-state index in [9.17, 15) is 0 Å². The first-order chi connectivity index (χ1) is 10.2. The third kappa shape index (κ3) is 3.58. The lowest BCUT2D eigenvalue weighted by Crippen LogP contribution is -2.58. The van der Waals surface area contributed by atoms with Gasteiger partial charge in [0.15, 0.2) is 0 Å². The molecule has 2 unspecified atom stereocenters. The zero-order valence-electron chi connectivity index (χ0n) is 13.4. The highest BCUT2D eigenvalue weighted by atomic mass is 16.5. The largest absolute Gasteiger partial charge is 0.492 e. The molecular weight excluding hydrogens is 260 g/mol. The fourth-order valence-corrected chi connectivity index (χ4v) is 3.79. The van der Waals surface area contributed by atoms with Crippen molar-refractivity contribution in [3.63, 3.8) is 0 Å². The number of hydrogen-bond donors (Lipinski definition) is 0. The molecule has 2 saturated heterocycles. The molecule has 1 aromatic carbocycles. The fraction of sp³-hybridized carbons (Fsp3) is 0.667. The first-order valence-electron chi connectivity index (χ1n) is 8.40. The SMILES string of the molecule is CC(C)C1CN2CCCC2CN1CCOc1ccccc1. The quantitative estimate of drug-likeness (QED) is 0.828. The molecule has 0 bridgehead atoms. The summed E-state index contributed by atoms with van der Waals surface area (Å²) in [6.07, 6.45) is 2.75. The summed E-state index contributed by atoms with van der Waals surface area (Å²) in [6, 6.07) is 11.6. The predicted octanol–water partition coefficient (Wildman–Crippen LogP) is 2.87. The van der Waals surface area contributed by atoms with Crippen LogP contribution in [0, 0.1) is 5.92 Å². The van der Waals surface area contributed by atoms with Gasteiger partial charge in [-0.15, -0.1) is 0 Å². The zero-order chi connectivity index (χ0) is 14.7. The Bertz CT molecular complexity index is 434. The highest BCUT2D eigenvalue weighted by Crippen LogP contribution is 2.27. The maximum absolute atomic E-state index is 5.89. The van der Waals surface area contributed by atoms with E-state index < -0.39 is 0 Å². The number of piperazine rings is 1. The molecule has 2 aliphatic heterocycles. The molecule has 2 fully saturated rings. The molecule has 3 rings (SSSR count). The molecule has 0 saturated carbocycles. The molecule has 2 aliphatic rings. The summed E-state index contributed by atoms with van der Waals surface area (Å²) < 4.78 is 5.89. The maximum atomic E-state index is 5.89. The van der Waals surface area contributed by atoms with E-state index in [-0.39, 0.29) is 0 Å². The van der Waals surface area contributed by atoms with Gasteiger partial charge in [-0.3, -0.25) is 9.80 Å². The summed E-state index contributed by atoms with van der Waals surface area (Å²) in [7, 11) is 0. The third-order valence-electron chi connectivity index (χ3n) is 4.99. The molecule has 0 spiro atoms. The van der Waals surface area contributed by atoms with E-state index in [0.717, 1.165) is 24.9 Å². The molecule has 0 aliphatic carbocycles. The summed E-state index contributed by atoms with van der Waals surface area (Å²) in [5.74, 6) is 1.70. The van der Waals surface area contributed by atoms with Crippen LogP contribution in [0.2, 0.25) is 0 Å². The number of fused-ring (bicyclic) bond motifs is 1. The maximum Gasteiger partial charge on any atom is 0.119 e. The van der Waals surface area contributed by atoms with Crippen LogP contribution in [0.4, 0.5) is 0 Å². The molecule has 3 nitrogen and oxygen atoms in total. The first-order valence-corrected chi connectivity index (χ1v) is 8.40. The van der Waals surface area contributed by atoms with Gasteiger partial charge in [-0.25, -0.2) is 0 Å². The Morgan fingerprint density at radius 1 is 1.19 bits per heavy atom. The Kier molecular flexibility index (Phi) is 4.81. The lowest BCUT2D eigenvalue weighted by molar-refractivity contribution is 0.0216. The number of nitrogens with zero attached hydrogens (tertiary/aromatic N) is 2. The lowest BCUT2D eigenvalue weighted by Gasteiger charge is -2.45. The summed E-state index contributed by atoms with van der Waals surface area (Å²) >= 11 is 0. The van der Waals surface area contributed by atoms with Gasteiger partial charge < -0.3 is 4.74 Å². The van der Waals surface area contributed by atoms with E-state index in [1.165, 1.54) is 32.5 Å². The van der Waals surface area contributed by atoms with Crippen molar-refractivity contribution in [2.24, 2.45) is 5.92 Å². The molecular formula is C18H28N2O. The van der Waals surface area contributed by atoms with Crippen LogP contribution in [0.3, 0.4) is 0 Å². The van der Waals surface area contributed by atoms with Crippen LogP contribution in [-0.4, -0.2) is 54.7 Å². The summed E-state index contributed by atoms with van der Waals surface area (Å²) in [5, 5.41) is 0. The number of ether oxygens (including phenoxy) is 1. The Labute approximate surface area is 128 Å². The van der Waals surface area contributed by atoms with Gasteiger partial charge in [-0.2, -0.15) is 0 Å². The van der Waals surface area contributed by atoms with E-state index in [2.05, 4.69) is 23.6 Å². The van der Waals surface area contributed by atoms with Crippen molar-refractivity contribution in [3.05, 3.63) is 30.3 Å². The second-order valence-electron chi connectivity index (χ2n) is 6.76. The minimum atomic E-state index is 0.679. The predicted molar refractivity (Wildman–Crippen MR) is 86.7 cm³/mol. The van der Waals surface area contributed by atoms with Crippen LogP contribution >= 0.6 is 0 Å². The van der Waals surface area contributed by atoms with E-state index in [4.69, 9.17) is 4.74 Å². The molecule has 2 heterocycles. The van der Waals surface area contributed by atoms with E-state index >= 15 is 0 Å². The smallest absolute Gasteiger partial charge is 0.119 e. The minimum Gasteiger partial charge on any atom is -0.492 e. The van der Waals surface area contributed by atoms with Gasteiger partial charge in [-0.1, -0.05) is 32.0 Å². The molecule has 3 heteroatoms. The monoisotopic (exact) mass is 288 g/mol. The first kappa shape index (κ1) is 14.9. The van der Waals surface area contributed by atoms with Crippen molar-refractivity contribution in [2.75, 3.05) is 32.8 Å². The zero-order valence-corrected chi connectivity index (χ0v) is 13.4. The normalized spacial score (nSPS) is 27.0. The number of para-hydroxylation sites is 1. The molecule has 21 heavy (non-hydrogen) atoms. The molecule has 1 aromatic rings. The van der Waals surface area contributed by atoms with E-state index in [1.807, 2.05) is 30.3 Å². The average Bonchev–Trinajstić information content (AvgIpc) is 2.94. The van der Waals surface area contributed by atoms with Crippen LogP contribution in [0.5, 0.6) is 5.75 Å². The van der Waals surface area contributed by atoms with Crippen molar-refractivity contribution in [3.8, 4) is 5.75 Å². The van der Waals surface area contributed by atoms with Crippen LogP contribution in [-0.2, 0) is 0 Å². The second kappa shape index (κ2) is 6.80. The van der Waals surface area contributed by atoms with Gasteiger partial charge in [-0.05, 0) is 37.4 Å². The van der Waals surface area contributed by atoms with Crippen molar-refractivity contribution < 1.29 is 4.74 Å². The number of rotatable bonds is 5. The summed E-state index contributed by atoms with van der Waals surface area (Å²) in [4.78, 5) is 5.37. The van der Waals surface area contributed by atoms with Gasteiger partial charge in [0.2, 0.25) is 0 Å². The van der Waals surface area contributed by atoms with Crippen LogP contribution in [0.15, 0.2) is 30.3 Å². The van der Waals surface area contributed by atoms with Crippen molar-refractivity contribution in [1.29, 1.82) is 0 Å². The molecule has 0 radical (unpaired) electrons. The number of benzene rings is 1. The minimum absolute atomic E-state index is 0.679. The number of hydrogen-bond acceptors (Lipinski definition) is 3. The molecule has 0 N–H and O–H groups in total. The van der Waals surface area contributed by atoms with Crippen molar-refractivity contribution >= 4 is 0 Å². The lowest BCUT2D eigenvalue weighted by atomic mass is 9.97. The van der Waals surface area contributed by atoms with Gasteiger partial charge in [0.1, 0.15) is 12.4 Å². The third-order valence-corrected chi connectivity index (χ3v) is 4.99. The van der Waals surface area contributed by atoms with Gasteiger partial charge in [0.05, 0.1) is 0 Å². The highest BCUT2D eigenvalue weighted by molar-refractivity contribution is 5.20. The van der Waals surface area contributed by atoms with Crippen LogP contribution in [0.1, 0.15) is 26.7 Å². The van der Waals surface area contributed by atoms with Crippen molar-refractivity contribution in [2.45, 2.75) is 38.8 Å². The van der Waals surface area contributed by atoms with Gasteiger partial charge in [0.25, 0.3) is 0 Å². The summed E-state index contributed by atoms with van der Waals surface area (Å²) in [6.45, 7) is 10.3. The highest BCUT2D eigenvalue weighted by Gasteiger charge is 2.37.